The first kappa shape index (κ1) is 16.9. The van der Waals surface area contributed by atoms with Crippen molar-refractivity contribution in [1.29, 1.82) is 0 Å². The van der Waals surface area contributed by atoms with Crippen LogP contribution in [0.1, 0.15) is 10.4 Å². The molecule has 0 heterocycles. The van der Waals surface area contributed by atoms with E-state index in [1.165, 1.54) is 42.5 Å². The molecule has 2 rings (SSSR count). The highest BCUT2D eigenvalue weighted by atomic mass is 35.5. The van der Waals surface area contributed by atoms with Gasteiger partial charge in [0.2, 0.25) is 0 Å². The summed E-state index contributed by atoms with van der Waals surface area (Å²) in [4.78, 5) is 23.8. The molecule has 0 aliphatic heterocycles. The lowest BCUT2D eigenvalue weighted by Gasteiger charge is -2.08. The monoisotopic (exact) mass is 355 g/mol. The molecule has 0 aliphatic rings. The van der Waals surface area contributed by atoms with Crippen molar-refractivity contribution in [2.75, 3.05) is 0 Å². The first-order valence-electron chi connectivity index (χ1n) is 6.12. The number of hydrogen-bond acceptors (Lipinski definition) is 5. The minimum absolute atomic E-state index is 0.121. The highest BCUT2D eigenvalue weighted by molar-refractivity contribution is 7.89. The van der Waals surface area contributed by atoms with Gasteiger partial charge < -0.3 is 0 Å². The number of benzene rings is 2. The third-order valence-corrected chi connectivity index (χ3v) is 4.28. The zero-order valence-electron chi connectivity index (χ0n) is 11.4. The van der Waals surface area contributed by atoms with Gasteiger partial charge in [0.25, 0.3) is 21.6 Å². The Balaban J connectivity index is 2.16. The van der Waals surface area contributed by atoms with Gasteiger partial charge in [0.05, 0.1) is 9.82 Å². The summed E-state index contributed by atoms with van der Waals surface area (Å²) in [5.74, 6) is -0.949. The van der Waals surface area contributed by atoms with Crippen molar-refractivity contribution >= 4 is 33.2 Å². The Kier molecular flexibility index (Phi) is 4.94. The number of carbonyl (C=O) groups is 1. The van der Waals surface area contributed by atoms with Crippen molar-refractivity contribution in [1.82, 2.24) is 10.3 Å². The number of carbonyl (C=O) groups excluding carboxylic acids is 1. The number of amides is 1. The molecular weight excluding hydrogens is 346 g/mol. The van der Waals surface area contributed by atoms with Crippen LogP contribution in [-0.2, 0) is 10.0 Å². The first-order valence-corrected chi connectivity index (χ1v) is 7.98. The number of para-hydroxylation sites is 1. The smallest absolute Gasteiger partial charge is 0.273 e. The van der Waals surface area contributed by atoms with Crippen molar-refractivity contribution in [2.24, 2.45) is 0 Å². The second kappa shape index (κ2) is 6.73. The van der Waals surface area contributed by atoms with E-state index in [2.05, 4.69) is 0 Å². The van der Waals surface area contributed by atoms with Gasteiger partial charge in [-0.05, 0) is 30.3 Å². The molecule has 0 fully saturated rings. The van der Waals surface area contributed by atoms with E-state index in [0.29, 0.717) is 5.02 Å². The van der Waals surface area contributed by atoms with Crippen LogP contribution in [0.5, 0.6) is 0 Å². The first-order chi connectivity index (χ1) is 10.8. The van der Waals surface area contributed by atoms with E-state index in [1.807, 2.05) is 10.3 Å². The van der Waals surface area contributed by atoms with Crippen molar-refractivity contribution in [2.45, 2.75) is 4.90 Å². The minimum atomic E-state index is -4.02. The number of hydrazine groups is 1. The van der Waals surface area contributed by atoms with E-state index in [9.17, 15) is 23.3 Å². The Bertz CT molecular complexity index is 852. The van der Waals surface area contributed by atoms with Crippen LogP contribution in [0.4, 0.5) is 5.69 Å². The molecule has 0 bridgehead atoms. The van der Waals surface area contributed by atoms with Crippen molar-refractivity contribution in [3.8, 4) is 0 Å². The maximum atomic E-state index is 12.0. The molecular formula is C13H10ClN3O5S. The molecule has 0 aromatic heterocycles. The lowest BCUT2D eigenvalue weighted by molar-refractivity contribution is -0.385. The Hall–Kier alpha value is -2.49. The maximum Gasteiger partial charge on any atom is 0.282 e. The van der Waals surface area contributed by atoms with Gasteiger partial charge in [-0.1, -0.05) is 23.7 Å². The number of halogens is 1. The Morgan fingerprint density at radius 3 is 2.30 bits per heavy atom. The molecule has 2 aromatic carbocycles. The van der Waals surface area contributed by atoms with Crippen LogP contribution in [0.2, 0.25) is 5.02 Å². The molecule has 1 amide bonds. The van der Waals surface area contributed by atoms with E-state index >= 15 is 0 Å². The summed E-state index contributed by atoms with van der Waals surface area (Å²) in [7, 11) is -4.02. The number of nitrogens with one attached hydrogen (secondary N) is 2. The SMILES string of the molecule is O=C(NNS(=O)(=O)c1ccc(Cl)cc1)c1ccccc1[N+](=O)[O-]. The highest BCUT2D eigenvalue weighted by Crippen LogP contribution is 2.17. The van der Waals surface area contributed by atoms with Crippen molar-refractivity contribution in [3.05, 3.63) is 69.2 Å². The second-order valence-corrected chi connectivity index (χ2v) is 6.41. The number of sulfonamides is 1. The maximum absolute atomic E-state index is 12.0. The summed E-state index contributed by atoms with van der Waals surface area (Å²) in [5, 5.41) is 11.2. The second-order valence-electron chi connectivity index (χ2n) is 4.29. The molecule has 2 N–H and O–H groups in total. The van der Waals surface area contributed by atoms with Crippen LogP contribution in [0.25, 0.3) is 0 Å². The fourth-order valence-corrected chi connectivity index (χ4v) is 2.64. The van der Waals surface area contributed by atoms with Gasteiger partial charge in [0.15, 0.2) is 0 Å². The molecule has 0 atom stereocenters. The molecule has 23 heavy (non-hydrogen) atoms. The lowest BCUT2D eigenvalue weighted by Crippen LogP contribution is -2.41. The van der Waals surface area contributed by atoms with E-state index in [1.54, 1.807) is 0 Å². The zero-order valence-corrected chi connectivity index (χ0v) is 13.0. The largest absolute Gasteiger partial charge is 0.282 e. The van der Waals surface area contributed by atoms with Crippen LogP contribution < -0.4 is 10.3 Å². The third kappa shape index (κ3) is 4.03. The molecule has 0 aliphatic carbocycles. The Morgan fingerprint density at radius 2 is 1.70 bits per heavy atom. The van der Waals surface area contributed by atoms with Crippen LogP contribution >= 0.6 is 11.6 Å². The quantitative estimate of drug-likeness (QED) is 0.627. The standard InChI is InChI=1S/C13H10ClN3O5S/c14-9-5-7-10(8-6-9)23(21,22)16-15-13(18)11-3-1-2-4-12(11)17(19)20/h1-8,16H,(H,15,18). The van der Waals surface area contributed by atoms with Crippen molar-refractivity contribution in [3.63, 3.8) is 0 Å². The lowest BCUT2D eigenvalue weighted by atomic mass is 10.2. The van der Waals surface area contributed by atoms with E-state index < -0.39 is 26.5 Å². The molecule has 8 nitrogen and oxygen atoms in total. The number of nitrogens with zero attached hydrogens (tertiary/aromatic N) is 1. The predicted octanol–water partition coefficient (Wildman–Crippen LogP) is 1.87. The summed E-state index contributed by atoms with van der Waals surface area (Å²) in [6.07, 6.45) is 0. The van der Waals surface area contributed by atoms with Crippen LogP contribution in [-0.4, -0.2) is 19.2 Å². The van der Waals surface area contributed by atoms with Gasteiger partial charge in [-0.2, -0.15) is 0 Å². The van der Waals surface area contributed by atoms with Gasteiger partial charge in [-0.3, -0.25) is 20.3 Å². The average Bonchev–Trinajstić information content (AvgIpc) is 2.53. The molecule has 0 radical (unpaired) electrons. The third-order valence-electron chi connectivity index (χ3n) is 2.77. The number of hydrogen-bond donors (Lipinski definition) is 2. The summed E-state index contributed by atoms with van der Waals surface area (Å²) in [5.41, 5.74) is 1.23. The summed E-state index contributed by atoms with van der Waals surface area (Å²) in [6.45, 7) is 0. The molecule has 10 heteroatoms. The van der Waals surface area contributed by atoms with Gasteiger partial charge in [-0.25, -0.2) is 8.42 Å². The fraction of sp³-hybridized carbons (Fsp3) is 0. The number of nitro benzene ring substituents is 1. The highest BCUT2D eigenvalue weighted by Gasteiger charge is 2.21. The molecule has 2 aromatic rings. The average molecular weight is 356 g/mol. The summed E-state index contributed by atoms with van der Waals surface area (Å²) in [6, 6.07) is 10.4. The fourth-order valence-electron chi connectivity index (χ4n) is 1.68. The topological polar surface area (TPSA) is 118 Å². The predicted molar refractivity (Wildman–Crippen MR) is 82.3 cm³/mol. The van der Waals surface area contributed by atoms with Crippen LogP contribution in [0.3, 0.4) is 0 Å². The Labute approximate surface area is 136 Å². The normalized spacial score (nSPS) is 11.0. The van der Waals surface area contributed by atoms with Crippen LogP contribution in [0.15, 0.2) is 53.4 Å². The molecule has 0 saturated carbocycles. The van der Waals surface area contributed by atoms with Crippen LogP contribution in [0, 0.1) is 10.1 Å². The number of rotatable bonds is 5. The zero-order chi connectivity index (χ0) is 17.0. The molecule has 120 valence electrons. The minimum Gasteiger partial charge on any atom is -0.273 e. The van der Waals surface area contributed by atoms with Gasteiger partial charge >= 0.3 is 0 Å². The van der Waals surface area contributed by atoms with E-state index in [0.717, 1.165) is 6.07 Å². The molecule has 0 saturated heterocycles. The summed E-state index contributed by atoms with van der Waals surface area (Å²) < 4.78 is 24.0. The Morgan fingerprint density at radius 1 is 1.09 bits per heavy atom. The van der Waals surface area contributed by atoms with Crippen molar-refractivity contribution < 1.29 is 18.1 Å². The summed E-state index contributed by atoms with van der Waals surface area (Å²) >= 11 is 5.67. The van der Waals surface area contributed by atoms with E-state index in [-0.39, 0.29) is 10.5 Å². The van der Waals surface area contributed by atoms with Gasteiger partial charge in [0.1, 0.15) is 5.56 Å². The molecule has 0 unspecified atom stereocenters. The molecule has 0 spiro atoms. The van der Waals surface area contributed by atoms with Gasteiger partial charge in [0, 0.05) is 11.1 Å². The number of nitro groups is 1. The van der Waals surface area contributed by atoms with E-state index in [4.69, 9.17) is 11.6 Å². The van der Waals surface area contributed by atoms with Gasteiger partial charge in [-0.15, -0.1) is 4.83 Å².